The first-order valence-corrected chi connectivity index (χ1v) is 0.365. The van der Waals surface area contributed by atoms with Crippen LogP contribution in [-0.4, -0.2) is 0 Å². The molecule has 0 unspecified atom stereocenters. The van der Waals surface area contributed by atoms with Crippen LogP contribution in [0.15, 0.2) is 5.34 Å². The van der Waals surface area contributed by atoms with Crippen LogP contribution in [0.4, 0.5) is 0 Å². The molecule has 0 amide bonds. The third-order valence-corrected chi connectivity index (χ3v) is 0. The van der Waals surface area contributed by atoms with E-state index in [1.165, 1.54) is 0 Å². The second-order valence-electron chi connectivity index (χ2n) is 0.0745. The van der Waals surface area contributed by atoms with E-state index >= 15 is 0 Å². The topological polar surface area (TPSA) is 220 Å². The second kappa shape index (κ2) is 537. The third-order valence-electron chi connectivity index (χ3n) is 0. The van der Waals surface area contributed by atoms with Crippen molar-refractivity contribution in [2.24, 2.45) is 5.34 Å². The van der Waals surface area contributed by atoms with Crippen molar-refractivity contribution in [3.05, 3.63) is 40.9 Å². The fraction of sp³-hybridized carbons (Fsp3) is 0. The molecule has 0 aliphatic heterocycles. The Bertz CT molecular complexity index is 18.5. The molecule has 0 aromatic carbocycles. The Balaban J connectivity index is -0.00000000133. The van der Waals surface area contributed by atoms with Crippen molar-refractivity contribution in [2.75, 3.05) is 0 Å². The Kier molecular flexibility index (Phi) is 9700. The van der Waals surface area contributed by atoms with Crippen molar-refractivity contribution in [1.29, 1.82) is 0 Å². The summed E-state index contributed by atoms with van der Waals surface area (Å²) in [6, 6.07) is 0. The van der Waals surface area contributed by atoms with Crippen molar-refractivity contribution in [3.8, 4) is 0 Å². The Hall–Kier alpha value is -0.177. The zero-order chi connectivity index (χ0) is 2.71. The summed E-state index contributed by atoms with van der Waals surface area (Å²) in [5.41, 5.74) is 0. The van der Waals surface area contributed by atoms with Gasteiger partial charge in [-0.1, -0.05) is 0 Å². The first-order chi connectivity index (χ1) is 1.41. The van der Waals surface area contributed by atoms with Gasteiger partial charge in [-0.25, -0.2) is 0 Å². The first-order valence-electron chi connectivity index (χ1n) is 0.365. The summed E-state index contributed by atoms with van der Waals surface area (Å²) in [4.78, 5) is 8.00. The number of hydrogen-bond donors (Lipinski definition) is 0. The van der Waals surface area contributed by atoms with Crippen LogP contribution in [0.5, 0.6) is 0 Å². The van der Waals surface area contributed by atoms with Crippen molar-refractivity contribution in [3.63, 3.8) is 0 Å². The van der Waals surface area contributed by atoms with E-state index in [1.54, 1.807) is 0 Å². The maximum Gasteiger partial charge on any atom is 0 e. The monoisotopic (exact) mass is 229 g/mol. The first kappa shape index (κ1) is 162. The minimum atomic E-state index is 0. The van der Waals surface area contributed by atoms with Gasteiger partial charge in [0.2, 0.25) is 0 Å². The van der Waals surface area contributed by atoms with E-state index in [0.29, 0.717) is 0 Å². The molecular weight excluding hydrogens is 219 g/mol. The summed E-state index contributed by atoms with van der Waals surface area (Å²) in [5, 5.41) is 9.00. The average Bonchev–Trinajstić information content (AvgIpc) is 0.918. The summed E-state index contributed by atoms with van der Waals surface area (Å²) in [6.07, 6.45) is 0. The average molecular weight is 229 g/mol. The molecule has 0 fully saturated rings. The molecule has 0 spiro atoms. The fourth-order valence-corrected chi connectivity index (χ4v) is 0. The van der Waals surface area contributed by atoms with E-state index in [4.69, 9.17) is 10.1 Å². The summed E-state index contributed by atoms with van der Waals surface area (Å²) in [5.74, 6) is 0. The molecule has 9 heteroatoms. The van der Waals surface area contributed by atoms with Crippen LogP contribution in [0.2, 0.25) is 0 Å². The van der Waals surface area contributed by atoms with E-state index in [-0.39, 0.29) is 50.2 Å². The van der Waals surface area contributed by atoms with Crippen molar-refractivity contribution >= 4 is 0 Å². The zero-order valence-electron chi connectivity index (χ0n) is 4.48. The molecule has 0 heterocycles. The minimum Gasteiger partial charge on any atom is -0.693 e. The zero-order valence-corrected chi connectivity index (χ0v) is 6.12. The summed E-state index contributed by atoms with van der Waals surface area (Å²) in [7, 11) is 0. The molecule has 0 aromatic rings. The fourth-order valence-electron chi connectivity index (χ4n) is 0. The van der Waals surface area contributed by atoms with Gasteiger partial charge in [-0.05, 0) is 0 Å². The molecule has 0 saturated heterocycles. The molecular formula is H10N6O2Rh-6. The van der Waals surface area contributed by atoms with Gasteiger partial charge in [-0.3, -0.25) is 0 Å². The maximum atomic E-state index is 8.00. The molecule has 1 radical (unpaired) electrons. The Morgan fingerprint density at radius 3 is 0.889 bits per heavy atom. The summed E-state index contributed by atoms with van der Waals surface area (Å²) >= 11 is 0. The minimum absolute atomic E-state index is 0. The Morgan fingerprint density at radius 1 is 0.889 bits per heavy atom. The smallest absolute Gasteiger partial charge is 0 e. The molecule has 0 rings (SSSR count). The van der Waals surface area contributed by atoms with Crippen LogP contribution in [-0.2, 0) is 19.5 Å². The third kappa shape index (κ3) is 8500. The molecule has 0 atom stereocenters. The van der Waals surface area contributed by atoms with Crippen LogP contribution in [0.1, 0.15) is 0 Å². The van der Waals surface area contributed by atoms with Crippen LogP contribution in [0, 0.1) is 10.1 Å². The van der Waals surface area contributed by atoms with Crippen LogP contribution in [0.25, 0.3) is 30.8 Å². The molecule has 9 heavy (non-hydrogen) atoms. The van der Waals surface area contributed by atoms with Gasteiger partial charge in [0.05, 0.1) is 0 Å². The molecule has 0 aliphatic rings. The van der Waals surface area contributed by atoms with E-state index < -0.39 is 0 Å². The molecule has 0 bridgehead atoms. The van der Waals surface area contributed by atoms with Crippen LogP contribution in [0.3, 0.4) is 0 Å². The normalized spacial score (nSPS) is 1.33. The van der Waals surface area contributed by atoms with Gasteiger partial charge in [-0.2, -0.15) is 0 Å². The van der Waals surface area contributed by atoms with Gasteiger partial charge in [0, 0.05) is 19.5 Å². The van der Waals surface area contributed by atoms with Gasteiger partial charge in [0.15, 0.2) is 0 Å². The van der Waals surface area contributed by atoms with Gasteiger partial charge >= 0.3 is 0 Å². The van der Waals surface area contributed by atoms with Gasteiger partial charge < -0.3 is 40.9 Å². The quantitative estimate of drug-likeness (QED) is 0.342. The molecule has 0 aromatic heterocycles. The summed E-state index contributed by atoms with van der Waals surface area (Å²) < 4.78 is 0. The molecule has 0 saturated carbocycles. The van der Waals surface area contributed by atoms with E-state index in [0.717, 1.165) is 5.34 Å². The predicted molar refractivity (Wildman–Crippen MR) is 35.6 cm³/mol. The molecule has 10 N–H and O–H groups in total. The van der Waals surface area contributed by atoms with Gasteiger partial charge in [0.25, 0.3) is 0 Å². The van der Waals surface area contributed by atoms with E-state index in [1.807, 2.05) is 0 Å². The largest absolute Gasteiger partial charge is 0.693 e. The van der Waals surface area contributed by atoms with Crippen molar-refractivity contribution in [1.82, 2.24) is 0 Å². The molecule has 8 nitrogen and oxygen atoms in total. The van der Waals surface area contributed by atoms with Crippen LogP contribution >= 0.6 is 0 Å². The Labute approximate surface area is 66.4 Å². The molecule has 67 valence electrons. The standard InChI is InChI=1S/HNO2.5H2N.Rh/c2-1-3;;;;;;/h(H,2,3);5*1H2;/q;5*-1;/p-1. The van der Waals surface area contributed by atoms with Crippen molar-refractivity contribution < 1.29 is 19.5 Å². The van der Waals surface area contributed by atoms with E-state index in [9.17, 15) is 0 Å². The van der Waals surface area contributed by atoms with Crippen molar-refractivity contribution in [2.45, 2.75) is 0 Å². The predicted octanol–water partition coefficient (Wildman–Crippen LogP) is 3.83. The van der Waals surface area contributed by atoms with Gasteiger partial charge in [-0.15, -0.1) is 5.34 Å². The van der Waals surface area contributed by atoms with E-state index in [2.05, 4.69) is 0 Å². The number of rotatable bonds is 0. The second-order valence-corrected chi connectivity index (χ2v) is 0.0745. The SMILES string of the molecule is O=N[O-].[NH2-].[NH2-].[NH2-].[NH2-].[NH2-].[Rh]. The number of nitrogens with zero attached hydrogens (tertiary/aromatic N) is 1. The number of nitrogens with two attached hydrogens (primary N) is 5. The Morgan fingerprint density at radius 2 is 0.889 bits per heavy atom. The number of hydrogen-bond acceptors (Lipinski definition) is 3. The van der Waals surface area contributed by atoms with Gasteiger partial charge in [0.1, 0.15) is 0 Å². The summed E-state index contributed by atoms with van der Waals surface area (Å²) in [6.45, 7) is 0. The van der Waals surface area contributed by atoms with Crippen LogP contribution < -0.4 is 0 Å². The molecule has 0 aliphatic carbocycles. The maximum absolute atomic E-state index is 8.00.